The number of hydrogen-bond acceptors (Lipinski definition) is 4. The summed E-state index contributed by atoms with van der Waals surface area (Å²) < 4.78 is 10.7. The number of aromatic carboxylic acids is 1. The van der Waals surface area contributed by atoms with E-state index in [1.54, 1.807) is 12.1 Å². The van der Waals surface area contributed by atoms with E-state index in [9.17, 15) is 9.90 Å². The van der Waals surface area contributed by atoms with Crippen molar-refractivity contribution >= 4 is 17.6 Å². The van der Waals surface area contributed by atoms with Crippen LogP contribution in [0.15, 0.2) is 36.4 Å². The van der Waals surface area contributed by atoms with Crippen molar-refractivity contribution < 1.29 is 19.4 Å². The van der Waals surface area contributed by atoms with Gasteiger partial charge in [-0.2, -0.15) is 5.26 Å². The highest BCUT2D eigenvalue weighted by Crippen LogP contribution is 2.37. The Bertz CT molecular complexity index is 737. The zero-order valence-electron chi connectivity index (χ0n) is 11.0. The van der Waals surface area contributed by atoms with Gasteiger partial charge in [-0.15, -0.1) is 0 Å². The highest BCUT2D eigenvalue weighted by molar-refractivity contribution is 6.32. The monoisotopic (exact) mass is 303 g/mol. The molecule has 1 N–H and O–H groups in total. The molecule has 0 amide bonds. The van der Waals surface area contributed by atoms with E-state index in [0.29, 0.717) is 5.56 Å². The second-order valence-electron chi connectivity index (χ2n) is 4.00. The fourth-order valence-corrected chi connectivity index (χ4v) is 1.93. The van der Waals surface area contributed by atoms with Crippen molar-refractivity contribution in [3.05, 3.63) is 52.5 Å². The average Bonchev–Trinajstić information content (AvgIpc) is 2.49. The van der Waals surface area contributed by atoms with Gasteiger partial charge in [-0.05, 0) is 30.3 Å². The zero-order chi connectivity index (χ0) is 15.4. The Hall–Kier alpha value is -2.71. The standard InChI is InChI=1S/C15H10ClNO4/c1-20-13-4-2-3-10(15(18)19)14(13)21-12-6-5-9(8-17)7-11(12)16/h2-7H,1H3,(H,18,19). The molecule has 0 unspecified atom stereocenters. The van der Waals surface area contributed by atoms with Crippen LogP contribution in [0.2, 0.25) is 5.02 Å². The summed E-state index contributed by atoms with van der Waals surface area (Å²) in [6.45, 7) is 0. The number of carboxylic acids is 1. The number of methoxy groups -OCH3 is 1. The second kappa shape index (κ2) is 6.16. The molecule has 0 spiro atoms. The van der Waals surface area contributed by atoms with E-state index in [4.69, 9.17) is 26.3 Å². The molecule has 2 aromatic rings. The predicted molar refractivity (Wildman–Crippen MR) is 76.2 cm³/mol. The molecule has 0 fully saturated rings. The average molecular weight is 304 g/mol. The van der Waals surface area contributed by atoms with Gasteiger partial charge >= 0.3 is 5.97 Å². The van der Waals surface area contributed by atoms with Crippen molar-refractivity contribution in [2.24, 2.45) is 0 Å². The van der Waals surface area contributed by atoms with Gasteiger partial charge in [-0.25, -0.2) is 4.79 Å². The van der Waals surface area contributed by atoms with Crippen molar-refractivity contribution in [1.29, 1.82) is 5.26 Å². The topological polar surface area (TPSA) is 79.6 Å². The molecule has 0 atom stereocenters. The normalized spacial score (nSPS) is 9.76. The molecule has 0 aromatic heterocycles. The summed E-state index contributed by atoms with van der Waals surface area (Å²) in [7, 11) is 1.41. The number of carboxylic acid groups (broad SMARTS) is 1. The number of benzene rings is 2. The van der Waals surface area contributed by atoms with Crippen molar-refractivity contribution in [2.75, 3.05) is 7.11 Å². The summed E-state index contributed by atoms with van der Waals surface area (Å²) in [5, 5.41) is 18.2. The maximum Gasteiger partial charge on any atom is 0.339 e. The van der Waals surface area contributed by atoms with E-state index >= 15 is 0 Å². The third-order valence-corrected chi connectivity index (χ3v) is 3.00. The fourth-order valence-electron chi connectivity index (χ4n) is 1.71. The molecule has 6 heteroatoms. The van der Waals surface area contributed by atoms with Gasteiger partial charge < -0.3 is 14.6 Å². The SMILES string of the molecule is COc1cccc(C(=O)O)c1Oc1ccc(C#N)cc1Cl. The van der Waals surface area contributed by atoms with E-state index in [2.05, 4.69) is 0 Å². The first-order chi connectivity index (χ1) is 10.1. The summed E-state index contributed by atoms with van der Waals surface area (Å²) in [6.07, 6.45) is 0. The van der Waals surface area contributed by atoms with Crippen LogP contribution in [0, 0.1) is 11.3 Å². The van der Waals surface area contributed by atoms with Gasteiger partial charge in [0.05, 0.1) is 23.8 Å². The Kier molecular flexibility index (Phi) is 4.31. The summed E-state index contributed by atoms with van der Waals surface area (Å²) in [4.78, 5) is 11.3. The Balaban J connectivity index is 2.48. The van der Waals surface area contributed by atoms with Crippen LogP contribution in [0.4, 0.5) is 0 Å². The molecular weight excluding hydrogens is 294 g/mol. The molecule has 2 aromatic carbocycles. The molecule has 0 aliphatic carbocycles. The number of nitriles is 1. The van der Waals surface area contributed by atoms with E-state index in [-0.39, 0.29) is 27.8 Å². The summed E-state index contributed by atoms with van der Waals surface area (Å²) >= 11 is 6.02. The molecule has 106 valence electrons. The van der Waals surface area contributed by atoms with Gasteiger partial charge in [-0.3, -0.25) is 0 Å². The van der Waals surface area contributed by atoms with Crippen LogP contribution in [0.3, 0.4) is 0 Å². The third-order valence-electron chi connectivity index (χ3n) is 2.70. The van der Waals surface area contributed by atoms with E-state index in [1.807, 2.05) is 6.07 Å². The first-order valence-electron chi connectivity index (χ1n) is 5.84. The lowest BCUT2D eigenvalue weighted by Gasteiger charge is -2.13. The number of nitrogens with zero attached hydrogens (tertiary/aromatic N) is 1. The van der Waals surface area contributed by atoms with Crippen molar-refractivity contribution in [3.63, 3.8) is 0 Å². The van der Waals surface area contributed by atoms with Gasteiger partial charge in [0.1, 0.15) is 11.3 Å². The van der Waals surface area contributed by atoms with Gasteiger partial charge in [0.15, 0.2) is 11.5 Å². The number of halogens is 1. The first kappa shape index (κ1) is 14.7. The van der Waals surface area contributed by atoms with E-state index < -0.39 is 5.97 Å². The Labute approximate surface area is 125 Å². The largest absolute Gasteiger partial charge is 0.493 e. The minimum Gasteiger partial charge on any atom is -0.493 e. The zero-order valence-corrected chi connectivity index (χ0v) is 11.7. The van der Waals surface area contributed by atoms with Crippen LogP contribution in [0.25, 0.3) is 0 Å². The molecule has 0 aliphatic rings. The minimum absolute atomic E-state index is 0.0465. The second-order valence-corrected chi connectivity index (χ2v) is 4.41. The molecule has 0 saturated carbocycles. The number of ether oxygens (including phenoxy) is 2. The van der Waals surface area contributed by atoms with Crippen LogP contribution in [0.5, 0.6) is 17.2 Å². The Morgan fingerprint density at radius 2 is 2.05 bits per heavy atom. The van der Waals surface area contributed by atoms with Crippen molar-refractivity contribution in [3.8, 4) is 23.3 Å². The van der Waals surface area contributed by atoms with Crippen LogP contribution >= 0.6 is 11.6 Å². The van der Waals surface area contributed by atoms with Gasteiger partial charge in [0, 0.05) is 0 Å². The van der Waals surface area contributed by atoms with Gasteiger partial charge in [0.2, 0.25) is 0 Å². The van der Waals surface area contributed by atoms with Crippen molar-refractivity contribution in [1.82, 2.24) is 0 Å². The Morgan fingerprint density at radius 3 is 2.62 bits per heavy atom. The number of hydrogen-bond donors (Lipinski definition) is 1. The van der Waals surface area contributed by atoms with Gasteiger partial charge in [-0.1, -0.05) is 17.7 Å². The minimum atomic E-state index is -1.14. The Morgan fingerprint density at radius 1 is 1.29 bits per heavy atom. The number of para-hydroxylation sites is 1. The predicted octanol–water partition coefficient (Wildman–Crippen LogP) is 3.71. The van der Waals surface area contributed by atoms with Crippen LogP contribution in [-0.4, -0.2) is 18.2 Å². The smallest absolute Gasteiger partial charge is 0.339 e. The lowest BCUT2D eigenvalue weighted by atomic mass is 10.2. The summed E-state index contributed by atoms with van der Waals surface area (Å²) in [6, 6.07) is 10.9. The van der Waals surface area contributed by atoms with Crippen LogP contribution < -0.4 is 9.47 Å². The maximum absolute atomic E-state index is 11.3. The molecule has 0 bridgehead atoms. The van der Waals surface area contributed by atoms with Gasteiger partial charge in [0.25, 0.3) is 0 Å². The third kappa shape index (κ3) is 3.07. The molecule has 21 heavy (non-hydrogen) atoms. The molecule has 2 rings (SSSR count). The maximum atomic E-state index is 11.3. The molecule has 0 radical (unpaired) electrons. The van der Waals surface area contributed by atoms with Crippen LogP contribution in [-0.2, 0) is 0 Å². The molecule has 0 saturated heterocycles. The van der Waals surface area contributed by atoms with E-state index in [1.165, 1.54) is 31.4 Å². The molecule has 0 heterocycles. The summed E-state index contributed by atoms with van der Waals surface area (Å²) in [5.41, 5.74) is 0.334. The number of rotatable bonds is 4. The quantitative estimate of drug-likeness (QED) is 0.931. The highest BCUT2D eigenvalue weighted by atomic mass is 35.5. The lowest BCUT2D eigenvalue weighted by Crippen LogP contribution is -2.02. The number of carbonyl (C=O) groups is 1. The highest BCUT2D eigenvalue weighted by Gasteiger charge is 2.18. The first-order valence-corrected chi connectivity index (χ1v) is 6.22. The van der Waals surface area contributed by atoms with E-state index in [0.717, 1.165) is 0 Å². The molecule has 0 aliphatic heterocycles. The lowest BCUT2D eigenvalue weighted by molar-refractivity contribution is 0.0693. The summed E-state index contributed by atoms with van der Waals surface area (Å²) in [5.74, 6) is -0.578. The fraction of sp³-hybridized carbons (Fsp3) is 0.0667. The molecule has 5 nitrogen and oxygen atoms in total. The van der Waals surface area contributed by atoms with Crippen molar-refractivity contribution in [2.45, 2.75) is 0 Å². The molecular formula is C15H10ClNO4. The van der Waals surface area contributed by atoms with Crippen LogP contribution in [0.1, 0.15) is 15.9 Å².